The molecule has 1 aliphatic rings. The van der Waals surface area contributed by atoms with E-state index in [2.05, 4.69) is 19.9 Å². The van der Waals surface area contributed by atoms with Crippen LogP contribution in [-0.4, -0.2) is 67.6 Å². The van der Waals surface area contributed by atoms with E-state index in [1.165, 1.54) is 25.1 Å². The number of fused-ring (bicyclic) bond motifs is 1. The number of carbonyl (C=O) groups excluding carboxylic acids is 1. The lowest BCUT2D eigenvalue weighted by molar-refractivity contribution is -0.131. The second-order valence-corrected chi connectivity index (χ2v) is 10.1. The summed E-state index contributed by atoms with van der Waals surface area (Å²) in [7, 11) is 0. The Morgan fingerprint density at radius 3 is 2.55 bits per heavy atom. The summed E-state index contributed by atoms with van der Waals surface area (Å²) < 4.78 is 36.8. The van der Waals surface area contributed by atoms with Crippen LogP contribution in [0.5, 0.6) is 11.8 Å². The molecular weight excluding hydrogens is 542 g/mol. The highest BCUT2D eigenvalue weighted by molar-refractivity contribution is 6.34. The molecule has 3 heterocycles. The SMILES string of the molecule is CC(=O)N1C[C@@H](C)N(c2nc(OCCc3ncccn3)nc3c(F)c(-c4c(O)cccc4F)c(Cl)cc23)C[C@@H]1C. The van der Waals surface area contributed by atoms with Crippen molar-refractivity contribution in [2.24, 2.45) is 0 Å². The van der Waals surface area contributed by atoms with E-state index in [-0.39, 0.29) is 57.7 Å². The number of piperazine rings is 1. The van der Waals surface area contributed by atoms with E-state index in [0.717, 1.165) is 6.07 Å². The Hall–Kier alpha value is -4.12. The average molecular weight is 569 g/mol. The molecule has 1 saturated heterocycles. The largest absolute Gasteiger partial charge is 0.507 e. The van der Waals surface area contributed by atoms with Crippen molar-refractivity contribution < 1.29 is 23.4 Å². The number of ether oxygens (including phenoxy) is 1. The fourth-order valence-corrected chi connectivity index (χ4v) is 5.27. The predicted octanol–water partition coefficient (Wildman–Crippen LogP) is 4.79. The summed E-state index contributed by atoms with van der Waals surface area (Å²) in [6.45, 7) is 6.35. The van der Waals surface area contributed by atoms with Gasteiger partial charge in [0.25, 0.3) is 0 Å². The van der Waals surface area contributed by atoms with Gasteiger partial charge in [-0.3, -0.25) is 4.79 Å². The van der Waals surface area contributed by atoms with Gasteiger partial charge in [0, 0.05) is 61.9 Å². The van der Waals surface area contributed by atoms with Gasteiger partial charge >= 0.3 is 6.01 Å². The summed E-state index contributed by atoms with van der Waals surface area (Å²) in [5, 5.41) is 10.5. The lowest BCUT2D eigenvalue weighted by atomic mass is 10.0. The van der Waals surface area contributed by atoms with Crippen molar-refractivity contribution in [3.8, 4) is 22.9 Å². The molecule has 9 nitrogen and oxygen atoms in total. The zero-order valence-corrected chi connectivity index (χ0v) is 22.9. The lowest BCUT2D eigenvalue weighted by Crippen LogP contribution is -2.58. The first kappa shape index (κ1) is 27.4. The molecule has 0 radical (unpaired) electrons. The maximum Gasteiger partial charge on any atom is 0.319 e. The van der Waals surface area contributed by atoms with Gasteiger partial charge in [0.05, 0.1) is 17.2 Å². The van der Waals surface area contributed by atoms with Crippen LogP contribution in [0, 0.1) is 11.6 Å². The molecule has 2 atom stereocenters. The second-order valence-electron chi connectivity index (χ2n) is 9.69. The Morgan fingerprint density at radius 1 is 1.10 bits per heavy atom. The fraction of sp³-hybridized carbons (Fsp3) is 0.321. The molecule has 1 N–H and O–H groups in total. The maximum absolute atomic E-state index is 16.2. The Kier molecular flexibility index (Phi) is 7.66. The van der Waals surface area contributed by atoms with Crippen molar-refractivity contribution in [3.05, 3.63) is 65.2 Å². The summed E-state index contributed by atoms with van der Waals surface area (Å²) in [5.41, 5.74) is -0.833. The number of aromatic hydroxyl groups is 1. The molecule has 2 aromatic heterocycles. The second kappa shape index (κ2) is 11.2. The van der Waals surface area contributed by atoms with Crippen molar-refractivity contribution in [2.45, 2.75) is 39.3 Å². The van der Waals surface area contributed by atoms with Crippen molar-refractivity contribution in [1.29, 1.82) is 0 Å². The third kappa shape index (κ3) is 5.21. The molecule has 0 saturated carbocycles. The van der Waals surface area contributed by atoms with E-state index in [4.69, 9.17) is 16.3 Å². The smallest absolute Gasteiger partial charge is 0.319 e. The highest BCUT2D eigenvalue weighted by Crippen LogP contribution is 2.43. The van der Waals surface area contributed by atoms with Gasteiger partial charge in [0.15, 0.2) is 5.82 Å². The molecular formula is C28H27ClF2N6O3. The van der Waals surface area contributed by atoms with Crippen molar-refractivity contribution in [3.63, 3.8) is 0 Å². The number of phenolic OH excluding ortho intramolecular Hbond substituents is 1. The number of anilines is 1. The number of phenols is 1. The van der Waals surface area contributed by atoms with E-state index in [1.54, 1.807) is 23.4 Å². The van der Waals surface area contributed by atoms with Gasteiger partial charge in [-0.1, -0.05) is 17.7 Å². The summed E-state index contributed by atoms with van der Waals surface area (Å²) in [5.74, 6) is -1.34. The Balaban J connectivity index is 1.63. The van der Waals surface area contributed by atoms with Crippen LogP contribution in [0.15, 0.2) is 42.7 Å². The summed E-state index contributed by atoms with van der Waals surface area (Å²) in [6.07, 6.45) is 3.60. The van der Waals surface area contributed by atoms with Gasteiger partial charge in [-0.2, -0.15) is 9.97 Å². The van der Waals surface area contributed by atoms with Crippen molar-refractivity contribution in [1.82, 2.24) is 24.8 Å². The molecule has 1 fully saturated rings. The maximum atomic E-state index is 16.2. The number of halogens is 3. The number of hydrogen-bond donors (Lipinski definition) is 1. The quantitative estimate of drug-likeness (QED) is 0.354. The molecule has 12 heteroatoms. The summed E-state index contributed by atoms with van der Waals surface area (Å²) >= 11 is 6.53. The number of nitrogens with zero attached hydrogens (tertiary/aromatic N) is 6. The summed E-state index contributed by atoms with van der Waals surface area (Å²) in [6, 6.07) is 6.42. The Labute approximate surface area is 234 Å². The minimum Gasteiger partial charge on any atom is -0.507 e. The zero-order chi connectivity index (χ0) is 28.6. The monoisotopic (exact) mass is 568 g/mol. The predicted molar refractivity (Wildman–Crippen MR) is 146 cm³/mol. The van der Waals surface area contributed by atoms with E-state index in [1.807, 2.05) is 18.7 Å². The van der Waals surface area contributed by atoms with Gasteiger partial charge in [0.2, 0.25) is 5.91 Å². The van der Waals surface area contributed by atoms with Crippen molar-refractivity contribution >= 4 is 34.2 Å². The molecule has 0 spiro atoms. The van der Waals surface area contributed by atoms with Crippen LogP contribution < -0.4 is 9.64 Å². The number of benzene rings is 2. The molecule has 40 heavy (non-hydrogen) atoms. The highest BCUT2D eigenvalue weighted by Gasteiger charge is 2.33. The van der Waals surface area contributed by atoms with Gasteiger partial charge in [-0.05, 0) is 38.1 Å². The molecule has 2 aromatic carbocycles. The highest BCUT2D eigenvalue weighted by atomic mass is 35.5. The zero-order valence-electron chi connectivity index (χ0n) is 22.1. The van der Waals surface area contributed by atoms with Gasteiger partial charge in [0.1, 0.15) is 28.7 Å². The van der Waals surface area contributed by atoms with Crippen LogP contribution in [0.25, 0.3) is 22.0 Å². The first-order chi connectivity index (χ1) is 19.2. The van der Waals surface area contributed by atoms with Crippen LogP contribution in [0.3, 0.4) is 0 Å². The number of aromatic nitrogens is 4. The number of carbonyl (C=O) groups is 1. The van der Waals surface area contributed by atoms with Crippen LogP contribution in [0.2, 0.25) is 5.02 Å². The van der Waals surface area contributed by atoms with E-state index >= 15 is 4.39 Å². The Bertz CT molecular complexity index is 1560. The van der Waals surface area contributed by atoms with E-state index < -0.39 is 17.4 Å². The number of amides is 1. The molecule has 0 bridgehead atoms. The molecule has 5 rings (SSSR count). The van der Waals surface area contributed by atoms with Gasteiger partial charge in [-0.15, -0.1) is 0 Å². The third-order valence-electron chi connectivity index (χ3n) is 6.92. The van der Waals surface area contributed by atoms with Crippen LogP contribution in [0.4, 0.5) is 14.6 Å². The standard InChI is InChI=1S/C28H27ClF2N6O3/c1-15-14-37(16(2)13-36(15)17(3)38)27-18-12-19(29)23(24-20(30)6-4-7-21(24)39)25(31)26(18)34-28(35-27)40-11-8-22-32-9-5-10-33-22/h4-7,9-10,12,15-16,39H,8,11,13-14H2,1-3H3/t15-,16+/m0/s1. The minimum absolute atomic E-state index is 0.0397. The molecule has 1 aliphatic heterocycles. The number of rotatable bonds is 6. The fourth-order valence-electron chi connectivity index (χ4n) is 4.99. The molecule has 0 unspecified atom stereocenters. The molecule has 0 aliphatic carbocycles. The normalized spacial score (nSPS) is 17.4. The lowest BCUT2D eigenvalue weighted by Gasteiger charge is -2.44. The summed E-state index contributed by atoms with van der Waals surface area (Å²) in [4.78, 5) is 33.2. The van der Waals surface area contributed by atoms with Crippen LogP contribution in [-0.2, 0) is 11.2 Å². The van der Waals surface area contributed by atoms with Crippen LogP contribution in [0.1, 0.15) is 26.6 Å². The molecule has 1 amide bonds. The van der Waals surface area contributed by atoms with E-state index in [0.29, 0.717) is 31.2 Å². The third-order valence-corrected chi connectivity index (χ3v) is 7.22. The van der Waals surface area contributed by atoms with Gasteiger partial charge < -0.3 is 19.6 Å². The molecule has 208 valence electrons. The number of hydrogen-bond acceptors (Lipinski definition) is 8. The first-order valence-corrected chi connectivity index (χ1v) is 13.1. The topological polar surface area (TPSA) is 105 Å². The van der Waals surface area contributed by atoms with Crippen molar-refractivity contribution in [2.75, 3.05) is 24.6 Å². The molecule has 4 aromatic rings. The minimum atomic E-state index is -0.925. The van der Waals surface area contributed by atoms with Crippen LogP contribution >= 0.6 is 11.6 Å². The van der Waals surface area contributed by atoms with E-state index in [9.17, 15) is 14.3 Å². The van der Waals surface area contributed by atoms with Gasteiger partial charge in [-0.25, -0.2) is 18.7 Å². The first-order valence-electron chi connectivity index (χ1n) is 12.8. The Morgan fingerprint density at radius 2 is 1.85 bits per heavy atom. The average Bonchev–Trinajstić information content (AvgIpc) is 2.92.